The molecule has 0 saturated heterocycles. The number of aliphatic carboxylic acids is 1. The van der Waals surface area contributed by atoms with Crippen LogP contribution < -0.4 is 51.4 Å². The van der Waals surface area contributed by atoms with Gasteiger partial charge in [-0.2, -0.15) is 0 Å². The molecule has 0 radical (unpaired) electrons. The van der Waals surface area contributed by atoms with Crippen LogP contribution in [0.2, 0.25) is 0 Å². The summed E-state index contributed by atoms with van der Waals surface area (Å²) in [6.45, 7) is 0.583. The molecular formula is C3H8KNO3. The Morgan fingerprint density at radius 2 is 1.75 bits per heavy atom. The zero-order valence-corrected chi connectivity index (χ0v) is 8.13. The van der Waals surface area contributed by atoms with Crippen LogP contribution in [0.1, 0.15) is 6.92 Å². The zero-order valence-electron chi connectivity index (χ0n) is 5.01. The molecule has 0 aromatic heterocycles. The van der Waals surface area contributed by atoms with E-state index in [1.807, 2.05) is 0 Å². The van der Waals surface area contributed by atoms with Crippen molar-refractivity contribution in [2.75, 3.05) is 6.73 Å². The quantitative estimate of drug-likeness (QED) is 0.358. The van der Waals surface area contributed by atoms with Crippen LogP contribution in [0.4, 0.5) is 0 Å². The maximum absolute atomic E-state index is 9.00. The molecule has 0 aliphatic heterocycles. The van der Waals surface area contributed by atoms with Gasteiger partial charge < -0.3 is 15.9 Å². The number of carboxylic acid groups (broad SMARTS) is 1. The van der Waals surface area contributed by atoms with Gasteiger partial charge in [0.25, 0.3) is 5.97 Å². The van der Waals surface area contributed by atoms with Crippen molar-refractivity contribution in [2.45, 2.75) is 6.92 Å². The average Bonchev–Trinajstić information content (AvgIpc) is 1.33. The van der Waals surface area contributed by atoms with E-state index < -0.39 is 12.7 Å². The van der Waals surface area contributed by atoms with Gasteiger partial charge in [-0.05, 0) is 6.73 Å². The maximum atomic E-state index is 9.00. The van der Waals surface area contributed by atoms with E-state index in [2.05, 4.69) is 0 Å². The van der Waals surface area contributed by atoms with E-state index in [0.29, 0.717) is 0 Å². The Labute approximate surface area is 90.5 Å². The van der Waals surface area contributed by atoms with Gasteiger partial charge in [0.15, 0.2) is 0 Å². The minimum absolute atomic E-state index is 0. The summed E-state index contributed by atoms with van der Waals surface area (Å²) in [6, 6.07) is 0. The first-order chi connectivity index (χ1) is 3.15. The van der Waals surface area contributed by atoms with Crippen molar-refractivity contribution < 1.29 is 66.4 Å². The summed E-state index contributed by atoms with van der Waals surface area (Å²) in [7, 11) is 0. The normalized spacial score (nSPS) is 5.38. The van der Waals surface area contributed by atoms with E-state index in [1.165, 1.54) is 0 Å². The first-order valence-electron chi connectivity index (χ1n) is 1.60. The Morgan fingerprint density at radius 1 is 1.75 bits per heavy atom. The van der Waals surface area contributed by atoms with Crippen LogP contribution in [0, 0.1) is 0 Å². The fourth-order valence-electron chi connectivity index (χ4n) is 0. The molecule has 0 spiro atoms. The fourth-order valence-corrected chi connectivity index (χ4v) is 0. The summed E-state index contributed by atoms with van der Waals surface area (Å²) in [6.07, 6.45) is 0. The molecule has 0 unspecified atom stereocenters. The molecule has 0 heterocycles. The second kappa shape index (κ2) is 15.7. The van der Waals surface area contributed by atoms with E-state index >= 15 is 0 Å². The van der Waals surface area contributed by atoms with Crippen molar-refractivity contribution in [3.05, 3.63) is 5.73 Å². The molecule has 0 aromatic carbocycles. The Morgan fingerprint density at radius 3 is 1.75 bits per heavy atom. The average molecular weight is 145 g/mol. The van der Waals surface area contributed by atoms with Gasteiger partial charge in [-0.1, -0.05) is 0 Å². The largest absolute Gasteiger partial charge is 1.00 e. The molecule has 0 atom stereocenters. The predicted octanol–water partition coefficient (Wildman–Crippen LogP) is -2.92. The number of aliphatic hydroxyl groups excluding tert-OH is 1. The first-order valence-corrected chi connectivity index (χ1v) is 1.60. The number of hydrogen-bond acceptors (Lipinski definition) is 2. The molecule has 0 rings (SSSR count). The minimum atomic E-state index is -0.833. The molecule has 4 nitrogen and oxygen atoms in total. The van der Waals surface area contributed by atoms with Crippen molar-refractivity contribution in [3.8, 4) is 0 Å². The van der Waals surface area contributed by atoms with E-state index in [4.69, 9.17) is 20.7 Å². The topological polar surface area (TPSA) is 81.3 Å². The molecule has 0 aliphatic carbocycles. The van der Waals surface area contributed by atoms with Gasteiger partial charge in [-0.15, -0.1) is 0 Å². The van der Waals surface area contributed by atoms with Crippen LogP contribution in [-0.2, 0) is 4.79 Å². The molecule has 5 heteroatoms. The van der Waals surface area contributed by atoms with E-state index in [-0.39, 0.29) is 51.4 Å². The number of carbonyl (C=O) groups is 1. The Kier molecular flexibility index (Phi) is 31.4. The van der Waals surface area contributed by atoms with Gasteiger partial charge >= 0.3 is 51.4 Å². The molecule has 8 heavy (non-hydrogen) atoms. The Hall–Kier alpha value is 1.03. The van der Waals surface area contributed by atoms with Crippen molar-refractivity contribution in [3.63, 3.8) is 0 Å². The first kappa shape index (κ1) is 16.0. The molecule has 0 aromatic rings. The van der Waals surface area contributed by atoms with Gasteiger partial charge in [0.1, 0.15) is 0 Å². The summed E-state index contributed by atoms with van der Waals surface area (Å²) in [5.41, 5.74) is 5.76. The standard InChI is InChI=1S/C2H4O2.CH4NO.K/c1-2(3)4;2-1-3;/h1H3,(H,3,4);2-3H,1H2;/q;-1;+1. The second-order valence-corrected chi connectivity index (χ2v) is 0.677. The van der Waals surface area contributed by atoms with Crippen LogP contribution in [0.15, 0.2) is 0 Å². The van der Waals surface area contributed by atoms with Crippen LogP contribution in [0.3, 0.4) is 0 Å². The molecule has 0 fully saturated rings. The summed E-state index contributed by atoms with van der Waals surface area (Å²) in [4.78, 5) is 9.00. The van der Waals surface area contributed by atoms with Crippen LogP contribution >= 0.6 is 0 Å². The van der Waals surface area contributed by atoms with Gasteiger partial charge in [-0.25, -0.2) is 0 Å². The molecular weight excluding hydrogens is 137 g/mol. The fraction of sp³-hybridized carbons (Fsp3) is 0.667. The number of carboxylic acids is 1. The number of hydrogen-bond donors (Lipinski definition) is 2. The molecule has 44 valence electrons. The van der Waals surface area contributed by atoms with Crippen LogP contribution in [-0.4, -0.2) is 22.9 Å². The molecule has 3 N–H and O–H groups in total. The Balaban J connectivity index is -0.0000000575. The number of rotatable bonds is 0. The number of aliphatic hydroxyl groups is 1. The van der Waals surface area contributed by atoms with Crippen molar-refractivity contribution in [1.29, 1.82) is 0 Å². The predicted molar refractivity (Wildman–Crippen MR) is 24.7 cm³/mol. The third-order valence-electron chi connectivity index (χ3n) is 0. The maximum Gasteiger partial charge on any atom is 1.00 e. The summed E-state index contributed by atoms with van der Waals surface area (Å²) in [5.74, 6) is -0.833. The summed E-state index contributed by atoms with van der Waals surface area (Å²) >= 11 is 0. The monoisotopic (exact) mass is 145 g/mol. The van der Waals surface area contributed by atoms with Gasteiger partial charge in [0, 0.05) is 6.92 Å². The molecule has 0 aliphatic rings. The third kappa shape index (κ3) is 242. The van der Waals surface area contributed by atoms with Crippen molar-refractivity contribution >= 4 is 5.97 Å². The molecule has 0 bridgehead atoms. The summed E-state index contributed by atoms with van der Waals surface area (Å²) < 4.78 is 0. The Bertz CT molecular complexity index is 45.8. The number of nitrogens with one attached hydrogen (secondary N) is 1. The van der Waals surface area contributed by atoms with E-state index in [1.54, 1.807) is 0 Å². The second-order valence-electron chi connectivity index (χ2n) is 0.677. The van der Waals surface area contributed by atoms with E-state index in [0.717, 1.165) is 6.92 Å². The summed E-state index contributed by atoms with van der Waals surface area (Å²) in [5, 5.41) is 14.7. The molecule has 0 amide bonds. The van der Waals surface area contributed by atoms with Gasteiger partial charge in [0.05, 0.1) is 0 Å². The van der Waals surface area contributed by atoms with E-state index in [9.17, 15) is 0 Å². The SMILES string of the molecule is CC(=O)O.[K+].[NH-]CO. The van der Waals surface area contributed by atoms with Gasteiger partial charge in [-0.3, -0.25) is 4.79 Å². The van der Waals surface area contributed by atoms with Gasteiger partial charge in [0.2, 0.25) is 0 Å². The van der Waals surface area contributed by atoms with Crippen molar-refractivity contribution in [2.24, 2.45) is 0 Å². The van der Waals surface area contributed by atoms with Crippen LogP contribution in [0.25, 0.3) is 5.73 Å². The van der Waals surface area contributed by atoms with Crippen LogP contribution in [0.5, 0.6) is 0 Å². The van der Waals surface area contributed by atoms with Crippen molar-refractivity contribution in [1.82, 2.24) is 0 Å². The third-order valence-corrected chi connectivity index (χ3v) is 0. The molecule has 0 saturated carbocycles. The smallest absolute Gasteiger partial charge is 0.655 e. The zero-order chi connectivity index (χ0) is 6.28. The minimum Gasteiger partial charge on any atom is -0.655 e.